The van der Waals surface area contributed by atoms with E-state index in [0.29, 0.717) is 0 Å². The van der Waals surface area contributed by atoms with E-state index in [9.17, 15) is 0 Å². The van der Waals surface area contributed by atoms with Crippen LogP contribution in [0.25, 0.3) is 0 Å². The van der Waals surface area contributed by atoms with Crippen molar-refractivity contribution in [3.05, 3.63) is 0 Å². The Bertz CT molecular complexity index is 71.5. The Labute approximate surface area is 74.2 Å². The van der Waals surface area contributed by atoms with Gasteiger partial charge in [0.15, 0.2) is 0 Å². The second-order valence-corrected chi connectivity index (χ2v) is 2.73. The molecule has 74 valence electrons. The van der Waals surface area contributed by atoms with Gasteiger partial charge in [0.1, 0.15) is 6.73 Å². The van der Waals surface area contributed by atoms with E-state index in [1.54, 1.807) is 0 Å². The fraction of sp³-hybridized carbons (Fsp3) is 1.00. The van der Waals surface area contributed by atoms with Gasteiger partial charge in [-0.2, -0.15) is 0 Å². The standard InChI is InChI=1S/C8H20N2O2/c1-2-3-4-5-9-6-7-10-8-12-11/h9-11H,2-8H2,1H3. The van der Waals surface area contributed by atoms with Gasteiger partial charge in [-0.3, -0.25) is 10.6 Å². The van der Waals surface area contributed by atoms with Crippen molar-refractivity contribution >= 4 is 0 Å². The van der Waals surface area contributed by atoms with Crippen molar-refractivity contribution in [2.75, 3.05) is 26.4 Å². The predicted octanol–water partition coefficient (Wildman–Crippen LogP) is 0.803. The summed E-state index contributed by atoms with van der Waals surface area (Å²) in [6, 6.07) is 0. The highest BCUT2D eigenvalue weighted by Gasteiger charge is 1.87. The molecule has 0 rings (SSSR count). The average Bonchev–Trinajstić information content (AvgIpc) is 2.10. The number of rotatable bonds is 9. The van der Waals surface area contributed by atoms with Crippen molar-refractivity contribution in [1.82, 2.24) is 10.6 Å². The first-order valence-electron chi connectivity index (χ1n) is 4.59. The Kier molecular flexibility index (Phi) is 10.7. The van der Waals surface area contributed by atoms with E-state index in [1.165, 1.54) is 19.3 Å². The molecule has 3 N–H and O–H groups in total. The smallest absolute Gasteiger partial charge is 0.132 e. The minimum absolute atomic E-state index is 0.205. The molecule has 0 saturated carbocycles. The molecule has 0 amide bonds. The minimum Gasteiger partial charge on any atom is -0.315 e. The van der Waals surface area contributed by atoms with E-state index in [2.05, 4.69) is 22.4 Å². The van der Waals surface area contributed by atoms with Gasteiger partial charge in [-0.1, -0.05) is 19.8 Å². The van der Waals surface area contributed by atoms with Crippen LogP contribution in [0.5, 0.6) is 0 Å². The minimum atomic E-state index is 0.205. The third-order valence-corrected chi connectivity index (χ3v) is 1.60. The molecule has 0 spiro atoms. The quantitative estimate of drug-likeness (QED) is 0.210. The SMILES string of the molecule is CCCCCNCCNCOO. The zero-order valence-electron chi connectivity index (χ0n) is 7.81. The summed E-state index contributed by atoms with van der Waals surface area (Å²) in [5, 5.41) is 14.1. The fourth-order valence-corrected chi connectivity index (χ4v) is 0.920. The molecule has 0 aromatic rings. The summed E-state index contributed by atoms with van der Waals surface area (Å²) in [7, 11) is 0. The van der Waals surface area contributed by atoms with Crippen molar-refractivity contribution < 1.29 is 10.1 Å². The molecule has 0 heterocycles. The van der Waals surface area contributed by atoms with Crippen LogP contribution in [0.15, 0.2) is 0 Å². The highest BCUT2D eigenvalue weighted by atomic mass is 17.1. The normalized spacial score (nSPS) is 10.5. The van der Waals surface area contributed by atoms with E-state index in [4.69, 9.17) is 5.26 Å². The van der Waals surface area contributed by atoms with Crippen LogP contribution in [0, 0.1) is 0 Å². The maximum absolute atomic E-state index is 7.96. The first kappa shape index (κ1) is 11.8. The van der Waals surface area contributed by atoms with Crippen molar-refractivity contribution in [3.63, 3.8) is 0 Å². The van der Waals surface area contributed by atoms with Crippen molar-refractivity contribution in [2.45, 2.75) is 26.2 Å². The maximum Gasteiger partial charge on any atom is 0.132 e. The van der Waals surface area contributed by atoms with Crippen molar-refractivity contribution in [3.8, 4) is 0 Å². The van der Waals surface area contributed by atoms with E-state index >= 15 is 0 Å². The molecular weight excluding hydrogens is 156 g/mol. The molecule has 4 nitrogen and oxygen atoms in total. The Balaban J connectivity index is 2.73. The second kappa shape index (κ2) is 10.8. The Morgan fingerprint density at radius 1 is 1.08 bits per heavy atom. The lowest BCUT2D eigenvalue weighted by molar-refractivity contribution is -0.247. The molecule has 0 atom stereocenters. The van der Waals surface area contributed by atoms with Crippen molar-refractivity contribution in [1.29, 1.82) is 0 Å². The van der Waals surface area contributed by atoms with Crippen LogP contribution in [0.1, 0.15) is 26.2 Å². The molecular formula is C8H20N2O2. The molecule has 0 aliphatic heterocycles. The first-order valence-corrected chi connectivity index (χ1v) is 4.59. The van der Waals surface area contributed by atoms with Crippen LogP contribution >= 0.6 is 0 Å². The highest BCUT2D eigenvalue weighted by Crippen LogP contribution is 1.90. The zero-order chi connectivity index (χ0) is 9.07. The molecule has 0 saturated heterocycles. The lowest BCUT2D eigenvalue weighted by Crippen LogP contribution is -2.29. The third kappa shape index (κ3) is 9.84. The first-order chi connectivity index (χ1) is 5.91. The van der Waals surface area contributed by atoms with Crippen LogP contribution < -0.4 is 10.6 Å². The largest absolute Gasteiger partial charge is 0.315 e. The van der Waals surface area contributed by atoms with Gasteiger partial charge in [0, 0.05) is 13.1 Å². The molecule has 0 fully saturated rings. The molecule has 0 bridgehead atoms. The Morgan fingerprint density at radius 2 is 1.83 bits per heavy atom. The number of hydrogen-bond donors (Lipinski definition) is 3. The molecule has 4 heteroatoms. The Hall–Kier alpha value is -0.160. The third-order valence-electron chi connectivity index (χ3n) is 1.60. The molecule has 0 unspecified atom stereocenters. The van der Waals surface area contributed by atoms with Gasteiger partial charge in [0.25, 0.3) is 0 Å². The van der Waals surface area contributed by atoms with Gasteiger partial charge in [0.2, 0.25) is 0 Å². The van der Waals surface area contributed by atoms with Gasteiger partial charge < -0.3 is 5.32 Å². The highest BCUT2D eigenvalue weighted by molar-refractivity contribution is 4.49. The van der Waals surface area contributed by atoms with Gasteiger partial charge in [-0.15, -0.1) is 0 Å². The maximum atomic E-state index is 7.96. The van der Waals surface area contributed by atoms with Crippen LogP contribution in [0.4, 0.5) is 0 Å². The molecule has 0 aliphatic carbocycles. The summed E-state index contributed by atoms with van der Waals surface area (Å²) >= 11 is 0. The Morgan fingerprint density at radius 3 is 2.50 bits per heavy atom. The molecule has 0 radical (unpaired) electrons. The summed E-state index contributed by atoms with van der Waals surface area (Å²) in [5.74, 6) is 0. The number of hydrogen-bond acceptors (Lipinski definition) is 4. The summed E-state index contributed by atoms with van der Waals surface area (Å²) in [5.41, 5.74) is 0. The van der Waals surface area contributed by atoms with Crippen LogP contribution in [0.2, 0.25) is 0 Å². The average molecular weight is 176 g/mol. The van der Waals surface area contributed by atoms with Gasteiger partial charge in [0.05, 0.1) is 0 Å². The predicted molar refractivity (Wildman–Crippen MR) is 49.0 cm³/mol. The summed E-state index contributed by atoms with van der Waals surface area (Å²) < 4.78 is 0. The van der Waals surface area contributed by atoms with Crippen LogP contribution in [-0.4, -0.2) is 31.6 Å². The van der Waals surface area contributed by atoms with Gasteiger partial charge >= 0.3 is 0 Å². The lowest BCUT2D eigenvalue weighted by atomic mass is 10.2. The lowest BCUT2D eigenvalue weighted by Gasteiger charge is -2.04. The van der Waals surface area contributed by atoms with Crippen molar-refractivity contribution in [2.24, 2.45) is 0 Å². The van der Waals surface area contributed by atoms with E-state index in [-0.39, 0.29) is 6.73 Å². The van der Waals surface area contributed by atoms with Gasteiger partial charge in [-0.25, -0.2) is 4.89 Å². The second-order valence-electron chi connectivity index (χ2n) is 2.73. The molecule has 12 heavy (non-hydrogen) atoms. The number of unbranched alkanes of at least 4 members (excludes halogenated alkanes) is 2. The van der Waals surface area contributed by atoms with E-state index < -0.39 is 0 Å². The summed E-state index contributed by atoms with van der Waals surface area (Å²) in [4.78, 5) is 3.85. The van der Waals surface area contributed by atoms with E-state index in [1.807, 2.05) is 0 Å². The van der Waals surface area contributed by atoms with Crippen LogP contribution in [-0.2, 0) is 4.89 Å². The topological polar surface area (TPSA) is 53.5 Å². The number of nitrogens with one attached hydrogen (secondary N) is 2. The zero-order valence-corrected chi connectivity index (χ0v) is 7.81. The summed E-state index contributed by atoms with van der Waals surface area (Å²) in [6.07, 6.45) is 3.80. The summed E-state index contributed by atoms with van der Waals surface area (Å²) in [6.45, 7) is 5.23. The van der Waals surface area contributed by atoms with Crippen LogP contribution in [0.3, 0.4) is 0 Å². The molecule has 0 aliphatic rings. The van der Waals surface area contributed by atoms with Gasteiger partial charge in [-0.05, 0) is 13.0 Å². The monoisotopic (exact) mass is 176 g/mol. The van der Waals surface area contributed by atoms with E-state index in [0.717, 1.165) is 19.6 Å². The molecule has 0 aromatic heterocycles. The molecule has 0 aromatic carbocycles. The fourth-order valence-electron chi connectivity index (χ4n) is 0.920.